The van der Waals surface area contributed by atoms with E-state index in [1.807, 2.05) is 20.0 Å². The summed E-state index contributed by atoms with van der Waals surface area (Å²) in [5.74, 6) is -1.11. The average Bonchev–Trinajstić information content (AvgIpc) is 2.55. The van der Waals surface area contributed by atoms with E-state index in [1.54, 1.807) is 4.90 Å². The maximum absolute atomic E-state index is 11.8. The summed E-state index contributed by atoms with van der Waals surface area (Å²) in [4.78, 5) is 16.7. The van der Waals surface area contributed by atoms with E-state index in [0.29, 0.717) is 5.11 Å². The molecule has 0 atom stereocenters. The zero-order valence-electron chi connectivity index (χ0n) is 9.06. The summed E-state index contributed by atoms with van der Waals surface area (Å²) in [6.07, 6.45) is 2.67. The van der Waals surface area contributed by atoms with Crippen LogP contribution in [0.4, 0.5) is 0 Å². The molecule has 16 heavy (non-hydrogen) atoms. The van der Waals surface area contributed by atoms with Gasteiger partial charge in [-0.15, -0.1) is 0 Å². The standard InChI is InChI=1S/C10H12N2O3S/c1-3-7-4-12-5-8(9(13)14)16(15)10(12)11-6(7)2/h4H,3,5H2,1-2H3,(H,13,14). The molecule has 0 bridgehead atoms. The van der Waals surface area contributed by atoms with E-state index < -0.39 is 15.9 Å². The Balaban J connectivity index is 2.53. The normalized spacial score (nSPS) is 19.6. The highest BCUT2D eigenvalue weighted by atomic mass is 32.1. The predicted molar refractivity (Wildman–Crippen MR) is 64.0 cm³/mol. The second kappa shape index (κ2) is 3.79. The lowest BCUT2D eigenvalue weighted by atomic mass is 10.1. The molecule has 0 saturated carbocycles. The van der Waals surface area contributed by atoms with Gasteiger partial charge in [0.2, 0.25) is 5.11 Å². The van der Waals surface area contributed by atoms with Crippen LogP contribution in [0.2, 0.25) is 0 Å². The summed E-state index contributed by atoms with van der Waals surface area (Å²) < 4.78 is 11.8. The van der Waals surface area contributed by atoms with Crippen LogP contribution in [-0.4, -0.2) is 42.4 Å². The van der Waals surface area contributed by atoms with Crippen LogP contribution in [0.5, 0.6) is 0 Å². The number of carboxylic acids is 1. The molecule has 0 fully saturated rings. The molecule has 0 unspecified atom stereocenters. The van der Waals surface area contributed by atoms with E-state index in [4.69, 9.17) is 5.11 Å². The number of aliphatic carboxylic acids is 1. The molecule has 0 aromatic carbocycles. The van der Waals surface area contributed by atoms with Crippen molar-refractivity contribution in [1.29, 1.82) is 0 Å². The zero-order chi connectivity index (χ0) is 11.9. The van der Waals surface area contributed by atoms with Crippen molar-refractivity contribution in [2.24, 2.45) is 4.99 Å². The molecule has 0 aromatic rings. The first kappa shape index (κ1) is 10.9. The fourth-order valence-electron chi connectivity index (χ4n) is 1.70. The van der Waals surface area contributed by atoms with Crippen LogP contribution in [0.1, 0.15) is 20.3 Å². The smallest absolute Gasteiger partial charge is 0.346 e. The van der Waals surface area contributed by atoms with E-state index in [9.17, 15) is 9.00 Å². The lowest BCUT2D eigenvalue weighted by molar-refractivity contribution is -0.129. The zero-order valence-corrected chi connectivity index (χ0v) is 9.87. The molecule has 0 aromatic heterocycles. The largest absolute Gasteiger partial charge is 0.477 e. The molecule has 0 radical (unpaired) electrons. The Morgan fingerprint density at radius 2 is 2.38 bits per heavy atom. The molecular weight excluding hydrogens is 228 g/mol. The molecule has 2 aliphatic rings. The molecule has 2 aliphatic heterocycles. The Morgan fingerprint density at radius 3 is 2.94 bits per heavy atom. The molecule has 5 nitrogen and oxygen atoms in total. The number of carboxylic acid groups (broad SMARTS) is 1. The molecular formula is C10H12N2O3S. The first-order valence-corrected chi connectivity index (χ1v) is 6.10. The van der Waals surface area contributed by atoms with Crippen LogP contribution in [0.15, 0.2) is 16.8 Å². The van der Waals surface area contributed by atoms with Crippen molar-refractivity contribution in [2.45, 2.75) is 20.3 Å². The van der Waals surface area contributed by atoms with Crippen molar-refractivity contribution in [3.63, 3.8) is 0 Å². The third-order valence-corrected chi connectivity index (χ3v) is 4.02. The fourth-order valence-corrected chi connectivity index (χ4v) is 2.88. The van der Waals surface area contributed by atoms with E-state index >= 15 is 0 Å². The van der Waals surface area contributed by atoms with E-state index in [1.165, 1.54) is 0 Å². The number of fused-ring (bicyclic) bond motifs is 1. The number of hydrogen-bond donors (Lipinski definition) is 1. The van der Waals surface area contributed by atoms with E-state index in [2.05, 4.69) is 4.99 Å². The van der Waals surface area contributed by atoms with Crippen LogP contribution in [-0.2, 0) is 14.8 Å². The van der Waals surface area contributed by atoms with Crippen molar-refractivity contribution in [2.75, 3.05) is 6.54 Å². The van der Waals surface area contributed by atoms with Crippen molar-refractivity contribution >= 4 is 31.6 Å². The van der Waals surface area contributed by atoms with Gasteiger partial charge in [0.15, 0.2) is 0 Å². The second-order valence-corrected chi connectivity index (χ2v) is 5.01. The Hall–Kier alpha value is -1.56. The molecule has 0 amide bonds. The van der Waals surface area contributed by atoms with Gasteiger partial charge in [0.05, 0.1) is 16.5 Å². The fraction of sp³-hybridized carbons (Fsp3) is 0.400. The van der Waals surface area contributed by atoms with Crippen LogP contribution in [0, 0.1) is 0 Å². The van der Waals surface area contributed by atoms with E-state index in [-0.39, 0.29) is 11.4 Å². The van der Waals surface area contributed by atoms with Crippen molar-refractivity contribution in [3.05, 3.63) is 11.8 Å². The third-order valence-electron chi connectivity index (χ3n) is 2.61. The molecule has 2 heterocycles. The molecule has 6 heteroatoms. The first-order chi connectivity index (χ1) is 7.54. The molecule has 0 saturated heterocycles. The summed E-state index contributed by atoms with van der Waals surface area (Å²) in [6.45, 7) is 4.01. The minimum atomic E-state index is -1.62. The maximum atomic E-state index is 11.8. The first-order valence-electron chi connectivity index (χ1n) is 4.95. The number of carbonyl (C=O) groups is 1. The summed E-state index contributed by atoms with van der Waals surface area (Å²) in [5.41, 5.74) is 1.86. The molecule has 0 aliphatic carbocycles. The summed E-state index contributed by atoms with van der Waals surface area (Å²) in [6, 6.07) is 0. The van der Waals surface area contributed by atoms with Gasteiger partial charge >= 0.3 is 5.97 Å². The number of hydrogen-bond acceptors (Lipinski definition) is 4. The average molecular weight is 240 g/mol. The van der Waals surface area contributed by atoms with Gasteiger partial charge in [0, 0.05) is 11.9 Å². The van der Waals surface area contributed by atoms with Crippen LogP contribution in [0.25, 0.3) is 0 Å². The van der Waals surface area contributed by atoms with Gasteiger partial charge in [-0.05, 0) is 18.9 Å². The van der Waals surface area contributed by atoms with Gasteiger partial charge in [-0.1, -0.05) is 6.92 Å². The lowest BCUT2D eigenvalue weighted by Gasteiger charge is -2.21. The molecule has 2 rings (SSSR count). The van der Waals surface area contributed by atoms with E-state index in [0.717, 1.165) is 17.7 Å². The number of rotatable bonds is 2. The summed E-state index contributed by atoms with van der Waals surface area (Å²) in [5, 5.41) is 9.22. The predicted octanol–water partition coefficient (Wildman–Crippen LogP) is 0.164. The number of allylic oxidation sites excluding steroid dienone is 1. The van der Waals surface area contributed by atoms with Crippen LogP contribution < -0.4 is 0 Å². The molecule has 1 N–H and O–H groups in total. The van der Waals surface area contributed by atoms with Crippen molar-refractivity contribution in [1.82, 2.24) is 4.90 Å². The van der Waals surface area contributed by atoms with Crippen molar-refractivity contribution < 1.29 is 14.1 Å². The molecule has 0 spiro atoms. The highest BCUT2D eigenvalue weighted by molar-refractivity contribution is 7.86. The van der Waals surface area contributed by atoms with Gasteiger partial charge in [-0.2, -0.15) is 0 Å². The summed E-state index contributed by atoms with van der Waals surface area (Å²) >= 11 is 0. The van der Waals surface area contributed by atoms with Gasteiger partial charge in [0.25, 0.3) is 0 Å². The highest BCUT2D eigenvalue weighted by Crippen LogP contribution is 2.15. The topological polar surface area (TPSA) is 70.0 Å². The van der Waals surface area contributed by atoms with Crippen LogP contribution >= 0.6 is 0 Å². The Morgan fingerprint density at radius 1 is 1.69 bits per heavy atom. The lowest BCUT2D eigenvalue weighted by Crippen LogP contribution is -2.30. The van der Waals surface area contributed by atoms with Gasteiger partial charge < -0.3 is 10.0 Å². The minimum absolute atomic E-state index is 0.000142. The summed E-state index contributed by atoms with van der Waals surface area (Å²) in [7, 11) is -1.62. The minimum Gasteiger partial charge on any atom is -0.477 e. The number of aliphatic imine (C=N–C) groups is 1. The van der Waals surface area contributed by atoms with Crippen LogP contribution in [0.3, 0.4) is 0 Å². The molecule has 86 valence electrons. The Bertz CT molecular complexity index is 569. The highest BCUT2D eigenvalue weighted by Gasteiger charge is 2.27. The monoisotopic (exact) mass is 240 g/mol. The van der Waals surface area contributed by atoms with Crippen molar-refractivity contribution in [3.8, 4) is 0 Å². The van der Waals surface area contributed by atoms with Gasteiger partial charge in [-0.3, -0.25) is 0 Å². The Kier molecular flexibility index (Phi) is 2.59. The Labute approximate surface area is 94.7 Å². The maximum Gasteiger partial charge on any atom is 0.346 e. The van der Waals surface area contributed by atoms with Gasteiger partial charge in [0.1, 0.15) is 4.86 Å². The second-order valence-electron chi connectivity index (χ2n) is 3.61. The number of nitrogens with zero attached hydrogens (tertiary/aromatic N) is 2. The van der Waals surface area contributed by atoms with Gasteiger partial charge in [-0.25, -0.2) is 14.0 Å². The quantitative estimate of drug-likeness (QED) is 0.698. The SMILES string of the molecule is CCC1=CN2CC(C(=O)O)=S(=O)=C2N=C1C. The third kappa shape index (κ3) is 1.55.